The van der Waals surface area contributed by atoms with Crippen LogP contribution in [0.15, 0.2) is 24.3 Å². The summed E-state index contributed by atoms with van der Waals surface area (Å²) in [5.41, 5.74) is 0. The molecule has 0 aliphatic carbocycles. The number of hydrogen-bond donors (Lipinski definition) is 2. The number of aliphatic hydroxyl groups excluding tert-OH is 1. The SMILES string of the molecule is O=S(=O)(O)OCOc1ccc(OCCO)cc1. The van der Waals surface area contributed by atoms with Gasteiger partial charge in [0.25, 0.3) is 0 Å². The van der Waals surface area contributed by atoms with E-state index in [0.29, 0.717) is 11.5 Å². The van der Waals surface area contributed by atoms with Crippen molar-refractivity contribution in [2.75, 3.05) is 20.0 Å². The van der Waals surface area contributed by atoms with Gasteiger partial charge in [-0.15, -0.1) is 0 Å². The van der Waals surface area contributed by atoms with Gasteiger partial charge in [0, 0.05) is 0 Å². The highest BCUT2D eigenvalue weighted by atomic mass is 32.3. The predicted octanol–water partition coefficient (Wildman–Crippen LogP) is 0.213. The standard InChI is InChI=1S/C9H12O7S/c10-5-6-14-8-1-3-9(4-2-8)15-7-16-17(11,12)13/h1-4,10H,5-7H2,(H,11,12,13). The summed E-state index contributed by atoms with van der Waals surface area (Å²) in [6.07, 6.45) is 0. The summed E-state index contributed by atoms with van der Waals surface area (Å²) in [4.78, 5) is 0. The Labute approximate surface area is 98.5 Å². The summed E-state index contributed by atoms with van der Waals surface area (Å²) < 4.78 is 42.6. The van der Waals surface area contributed by atoms with Crippen LogP contribution in [0.5, 0.6) is 11.5 Å². The molecule has 7 nitrogen and oxygen atoms in total. The van der Waals surface area contributed by atoms with Crippen molar-refractivity contribution in [3.8, 4) is 11.5 Å². The molecule has 8 heteroatoms. The second-order valence-electron chi connectivity index (χ2n) is 2.85. The molecule has 0 fully saturated rings. The zero-order valence-corrected chi connectivity index (χ0v) is 9.59. The fourth-order valence-electron chi connectivity index (χ4n) is 0.948. The van der Waals surface area contributed by atoms with Crippen LogP contribution in [0, 0.1) is 0 Å². The van der Waals surface area contributed by atoms with E-state index >= 15 is 0 Å². The normalized spacial score (nSPS) is 11.2. The van der Waals surface area contributed by atoms with Gasteiger partial charge in [0.1, 0.15) is 18.1 Å². The first kappa shape index (κ1) is 13.7. The molecule has 0 aliphatic rings. The zero-order valence-electron chi connectivity index (χ0n) is 8.77. The zero-order chi connectivity index (χ0) is 12.7. The summed E-state index contributed by atoms with van der Waals surface area (Å²) >= 11 is 0. The van der Waals surface area contributed by atoms with E-state index < -0.39 is 17.2 Å². The van der Waals surface area contributed by atoms with E-state index in [9.17, 15) is 8.42 Å². The highest BCUT2D eigenvalue weighted by Crippen LogP contribution is 2.17. The lowest BCUT2D eigenvalue weighted by atomic mass is 10.3. The number of hydrogen-bond acceptors (Lipinski definition) is 6. The molecular formula is C9H12O7S. The maximum absolute atomic E-state index is 10.2. The molecule has 1 rings (SSSR count). The number of rotatable bonds is 7. The molecule has 1 aromatic carbocycles. The van der Waals surface area contributed by atoms with Gasteiger partial charge < -0.3 is 14.6 Å². The summed E-state index contributed by atoms with van der Waals surface area (Å²) in [5.74, 6) is 0.895. The Bertz CT molecular complexity index is 425. The fourth-order valence-corrected chi connectivity index (χ4v) is 1.12. The average molecular weight is 264 g/mol. The van der Waals surface area contributed by atoms with Crippen molar-refractivity contribution < 1.29 is 31.7 Å². The third kappa shape index (κ3) is 6.07. The third-order valence-corrected chi connectivity index (χ3v) is 2.00. The fraction of sp³-hybridized carbons (Fsp3) is 0.333. The van der Waals surface area contributed by atoms with Crippen molar-refractivity contribution in [3.05, 3.63) is 24.3 Å². The van der Waals surface area contributed by atoms with Crippen molar-refractivity contribution in [1.82, 2.24) is 0 Å². The van der Waals surface area contributed by atoms with Crippen LogP contribution < -0.4 is 9.47 Å². The minimum absolute atomic E-state index is 0.0829. The lowest BCUT2D eigenvalue weighted by molar-refractivity contribution is 0.112. The Balaban J connectivity index is 2.40. The molecule has 0 bridgehead atoms. The Morgan fingerprint density at radius 3 is 2.06 bits per heavy atom. The monoisotopic (exact) mass is 264 g/mol. The van der Waals surface area contributed by atoms with Gasteiger partial charge in [-0.2, -0.15) is 8.42 Å². The molecule has 0 aliphatic heterocycles. The largest absolute Gasteiger partial charge is 0.491 e. The van der Waals surface area contributed by atoms with Crippen LogP contribution >= 0.6 is 0 Å². The first-order valence-corrected chi connectivity index (χ1v) is 5.96. The lowest BCUT2D eigenvalue weighted by Crippen LogP contribution is -2.09. The first-order chi connectivity index (χ1) is 8.01. The molecule has 2 N–H and O–H groups in total. The topological polar surface area (TPSA) is 102 Å². The third-order valence-electron chi connectivity index (χ3n) is 1.61. The predicted molar refractivity (Wildman–Crippen MR) is 57.2 cm³/mol. The molecule has 0 amide bonds. The van der Waals surface area contributed by atoms with E-state index in [1.807, 2.05) is 0 Å². The van der Waals surface area contributed by atoms with Crippen LogP contribution in [0.2, 0.25) is 0 Å². The number of ether oxygens (including phenoxy) is 2. The van der Waals surface area contributed by atoms with Crippen molar-refractivity contribution in [1.29, 1.82) is 0 Å². The second kappa shape index (κ2) is 6.40. The minimum Gasteiger partial charge on any atom is -0.491 e. The molecule has 1 aromatic rings. The Morgan fingerprint density at radius 1 is 1.06 bits per heavy atom. The molecule has 96 valence electrons. The first-order valence-electron chi connectivity index (χ1n) is 4.59. The van der Waals surface area contributed by atoms with E-state index in [4.69, 9.17) is 19.1 Å². The highest BCUT2D eigenvalue weighted by molar-refractivity contribution is 7.80. The van der Waals surface area contributed by atoms with Gasteiger partial charge in [-0.25, -0.2) is 4.18 Å². The highest BCUT2D eigenvalue weighted by Gasteiger charge is 2.04. The summed E-state index contributed by atoms with van der Waals surface area (Å²) in [6.45, 7) is -0.512. The quantitative estimate of drug-likeness (QED) is 0.536. The van der Waals surface area contributed by atoms with Crippen LogP contribution in [0.4, 0.5) is 0 Å². The second-order valence-corrected chi connectivity index (χ2v) is 3.94. The van der Waals surface area contributed by atoms with Crippen molar-refractivity contribution in [2.24, 2.45) is 0 Å². The van der Waals surface area contributed by atoms with Crippen LogP contribution in [-0.4, -0.2) is 38.1 Å². The van der Waals surface area contributed by atoms with E-state index in [1.165, 1.54) is 12.1 Å². The van der Waals surface area contributed by atoms with Crippen LogP contribution in [0.1, 0.15) is 0 Å². The van der Waals surface area contributed by atoms with E-state index in [-0.39, 0.29) is 13.2 Å². The molecule has 0 unspecified atom stereocenters. The van der Waals surface area contributed by atoms with E-state index in [2.05, 4.69) is 4.18 Å². The van der Waals surface area contributed by atoms with Gasteiger partial charge >= 0.3 is 10.4 Å². The van der Waals surface area contributed by atoms with Gasteiger partial charge in [-0.1, -0.05) is 0 Å². The van der Waals surface area contributed by atoms with Gasteiger partial charge in [-0.05, 0) is 24.3 Å². The smallest absolute Gasteiger partial charge is 0.400 e. The Kier molecular flexibility index (Phi) is 5.16. The molecule has 0 saturated carbocycles. The Morgan fingerprint density at radius 2 is 1.59 bits per heavy atom. The molecule has 0 heterocycles. The summed E-state index contributed by atoms with van der Waals surface area (Å²) in [6, 6.07) is 6.22. The maximum Gasteiger partial charge on any atom is 0.400 e. The maximum atomic E-state index is 10.2. The molecule has 0 spiro atoms. The molecule has 0 saturated heterocycles. The average Bonchev–Trinajstić information content (AvgIpc) is 2.26. The number of benzene rings is 1. The minimum atomic E-state index is -4.49. The van der Waals surface area contributed by atoms with Gasteiger partial charge in [0.2, 0.25) is 6.79 Å². The van der Waals surface area contributed by atoms with Crippen LogP contribution in [0.3, 0.4) is 0 Å². The summed E-state index contributed by atoms with van der Waals surface area (Å²) in [5, 5.41) is 8.53. The molecule has 0 atom stereocenters. The molecule has 0 aromatic heterocycles. The van der Waals surface area contributed by atoms with E-state index in [0.717, 1.165) is 0 Å². The van der Waals surface area contributed by atoms with Crippen molar-refractivity contribution in [2.45, 2.75) is 0 Å². The van der Waals surface area contributed by atoms with E-state index in [1.54, 1.807) is 12.1 Å². The molecule has 17 heavy (non-hydrogen) atoms. The molecule has 0 radical (unpaired) electrons. The van der Waals surface area contributed by atoms with Crippen molar-refractivity contribution in [3.63, 3.8) is 0 Å². The van der Waals surface area contributed by atoms with Crippen LogP contribution in [-0.2, 0) is 14.6 Å². The molecular weight excluding hydrogens is 252 g/mol. The van der Waals surface area contributed by atoms with Gasteiger partial charge in [0.15, 0.2) is 0 Å². The van der Waals surface area contributed by atoms with Crippen LogP contribution in [0.25, 0.3) is 0 Å². The van der Waals surface area contributed by atoms with Gasteiger partial charge in [-0.3, -0.25) is 4.55 Å². The number of aliphatic hydroxyl groups is 1. The van der Waals surface area contributed by atoms with Gasteiger partial charge in [0.05, 0.1) is 6.61 Å². The van der Waals surface area contributed by atoms with Crippen molar-refractivity contribution >= 4 is 10.4 Å². The Hall–Kier alpha value is -1.35. The summed E-state index contributed by atoms with van der Waals surface area (Å²) in [7, 11) is -4.49. The lowest BCUT2D eigenvalue weighted by Gasteiger charge is -2.07.